The molecule has 1 aliphatic rings. The average molecular weight is 284 g/mol. The summed E-state index contributed by atoms with van der Waals surface area (Å²) in [6.07, 6.45) is 6.77. The Morgan fingerprint density at radius 2 is 1.89 bits per heavy atom. The van der Waals surface area contributed by atoms with E-state index in [0.29, 0.717) is 11.3 Å². The molecule has 18 heavy (non-hydrogen) atoms. The fraction of sp³-hybridized carbons (Fsp3) is 0.600. The lowest BCUT2D eigenvalue weighted by atomic mass is 10.1. The molecule has 0 amide bonds. The molecule has 0 aliphatic heterocycles. The number of benzene rings is 1. The second-order valence-corrected chi connectivity index (χ2v) is 6.66. The molecule has 0 saturated heterocycles. The lowest BCUT2D eigenvalue weighted by Gasteiger charge is -2.25. The first-order valence-corrected chi connectivity index (χ1v) is 8.21. The van der Waals surface area contributed by atoms with Crippen LogP contribution >= 0.6 is 23.4 Å². The molecule has 0 aromatic heterocycles. The molecule has 2 unspecified atom stereocenters. The Morgan fingerprint density at radius 1 is 1.17 bits per heavy atom. The molecular formula is C15H22ClNS. The van der Waals surface area contributed by atoms with Gasteiger partial charge in [-0.3, -0.25) is 0 Å². The van der Waals surface area contributed by atoms with Gasteiger partial charge >= 0.3 is 0 Å². The molecule has 0 heterocycles. The van der Waals surface area contributed by atoms with Crippen LogP contribution in [0, 0.1) is 0 Å². The third kappa shape index (κ3) is 4.18. The largest absolute Gasteiger partial charge is 0.313 e. The van der Waals surface area contributed by atoms with E-state index in [2.05, 4.69) is 24.4 Å². The van der Waals surface area contributed by atoms with Crippen molar-refractivity contribution in [1.29, 1.82) is 0 Å². The maximum Gasteiger partial charge on any atom is 0.0406 e. The van der Waals surface area contributed by atoms with Gasteiger partial charge in [-0.1, -0.05) is 37.8 Å². The average Bonchev–Trinajstić information content (AvgIpc) is 2.59. The van der Waals surface area contributed by atoms with Gasteiger partial charge in [-0.25, -0.2) is 0 Å². The van der Waals surface area contributed by atoms with Gasteiger partial charge in [-0.15, -0.1) is 11.8 Å². The highest BCUT2D eigenvalue weighted by Gasteiger charge is 2.23. The summed E-state index contributed by atoms with van der Waals surface area (Å²) in [6.45, 7) is 3.28. The van der Waals surface area contributed by atoms with Crippen molar-refractivity contribution in [3.8, 4) is 0 Å². The first-order chi connectivity index (χ1) is 8.79. The van der Waals surface area contributed by atoms with E-state index in [0.717, 1.165) is 11.6 Å². The van der Waals surface area contributed by atoms with Crippen LogP contribution in [0.15, 0.2) is 29.2 Å². The number of nitrogens with one attached hydrogen (secondary N) is 1. The van der Waals surface area contributed by atoms with Gasteiger partial charge in [0.2, 0.25) is 0 Å². The van der Waals surface area contributed by atoms with Crippen LogP contribution in [0.4, 0.5) is 0 Å². The van der Waals surface area contributed by atoms with Crippen molar-refractivity contribution >= 4 is 23.4 Å². The van der Waals surface area contributed by atoms with Crippen molar-refractivity contribution in [2.24, 2.45) is 0 Å². The number of halogens is 1. The van der Waals surface area contributed by atoms with Crippen molar-refractivity contribution in [1.82, 2.24) is 5.32 Å². The zero-order valence-corrected chi connectivity index (χ0v) is 12.6. The summed E-state index contributed by atoms with van der Waals surface area (Å²) in [6, 6.07) is 8.92. The number of hydrogen-bond acceptors (Lipinski definition) is 2. The van der Waals surface area contributed by atoms with Crippen LogP contribution in [0.1, 0.15) is 39.0 Å². The molecule has 1 aromatic rings. The van der Waals surface area contributed by atoms with Gasteiger partial charge in [0.25, 0.3) is 0 Å². The van der Waals surface area contributed by atoms with Crippen LogP contribution in [-0.2, 0) is 0 Å². The van der Waals surface area contributed by atoms with Gasteiger partial charge in [0.05, 0.1) is 0 Å². The third-order valence-electron chi connectivity index (χ3n) is 3.52. The van der Waals surface area contributed by atoms with Gasteiger partial charge in [-0.2, -0.15) is 0 Å². The second kappa shape index (κ2) is 7.42. The molecule has 1 nitrogen and oxygen atoms in total. The summed E-state index contributed by atoms with van der Waals surface area (Å²) in [5, 5.41) is 5.18. The predicted molar refractivity (Wildman–Crippen MR) is 81.6 cm³/mol. The van der Waals surface area contributed by atoms with Gasteiger partial charge in [0.15, 0.2) is 0 Å². The second-order valence-electron chi connectivity index (χ2n) is 4.91. The molecule has 100 valence electrons. The molecule has 1 N–H and O–H groups in total. The Bertz CT molecular complexity index is 352. The summed E-state index contributed by atoms with van der Waals surface area (Å²) < 4.78 is 0. The van der Waals surface area contributed by atoms with Crippen LogP contribution in [0.3, 0.4) is 0 Å². The van der Waals surface area contributed by atoms with Gasteiger partial charge in [0, 0.05) is 21.2 Å². The standard InChI is InChI=1S/C15H22ClNS/c1-2-17-14-6-4-3-5-7-15(14)18-13-10-8-12(16)9-11-13/h8-11,14-15,17H,2-7H2,1H3. The third-order valence-corrected chi connectivity index (χ3v) is 5.18. The Kier molecular flexibility index (Phi) is 5.87. The van der Waals surface area contributed by atoms with Crippen molar-refractivity contribution in [3.63, 3.8) is 0 Å². The monoisotopic (exact) mass is 283 g/mol. The van der Waals surface area contributed by atoms with E-state index in [9.17, 15) is 0 Å². The normalized spacial score (nSPS) is 24.8. The first-order valence-electron chi connectivity index (χ1n) is 6.95. The van der Waals surface area contributed by atoms with Crippen molar-refractivity contribution in [2.75, 3.05) is 6.54 Å². The SMILES string of the molecule is CCNC1CCCCCC1Sc1ccc(Cl)cc1. The molecule has 0 bridgehead atoms. The topological polar surface area (TPSA) is 12.0 Å². The Hall–Kier alpha value is -0.180. The fourth-order valence-electron chi connectivity index (χ4n) is 2.60. The van der Waals surface area contributed by atoms with Crippen molar-refractivity contribution in [3.05, 3.63) is 29.3 Å². The minimum absolute atomic E-state index is 0.665. The summed E-state index contributed by atoms with van der Waals surface area (Å²) in [5.41, 5.74) is 0. The van der Waals surface area contributed by atoms with E-state index >= 15 is 0 Å². The van der Waals surface area contributed by atoms with E-state index < -0.39 is 0 Å². The molecule has 1 aliphatic carbocycles. The van der Waals surface area contributed by atoms with Crippen LogP contribution in [-0.4, -0.2) is 17.8 Å². The summed E-state index contributed by atoms with van der Waals surface area (Å²) >= 11 is 7.95. The van der Waals surface area contributed by atoms with Crippen LogP contribution in [0.2, 0.25) is 5.02 Å². The number of thioether (sulfide) groups is 1. The highest BCUT2D eigenvalue weighted by atomic mass is 35.5. The highest BCUT2D eigenvalue weighted by molar-refractivity contribution is 8.00. The molecule has 2 rings (SSSR count). The fourth-order valence-corrected chi connectivity index (χ4v) is 4.05. The minimum Gasteiger partial charge on any atom is -0.313 e. The molecule has 1 aromatic carbocycles. The van der Waals surface area contributed by atoms with Gasteiger partial charge < -0.3 is 5.32 Å². The molecule has 1 fully saturated rings. The molecule has 2 atom stereocenters. The highest BCUT2D eigenvalue weighted by Crippen LogP contribution is 2.33. The molecule has 0 radical (unpaired) electrons. The zero-order valence-electron chi connectivity index (χ0n) is 11.0. The summed E-state index contributed by atoms with van der Waals surface area (Å²) in [5.74, 6) is 0. The number of rotatable bonds is 4. The smallest absolute Gasteiger partial charge is 0.0406 e. The summed E-state index contributed by atoms with van der Waals surface area (Å²) in [4.78, 5) is 1.34. The first kappa shape index (κ1) is 14.2. The Labute approximate surface area is 120 Å². The Morgan fingerprint density at radius 3 is 2.61 bits per heavy atom. The van der Waals surface area contributed by atoms with E-state index in [1.54, 1.807) is 0 Å². The van der Waals surface area contributed by atoms with E-state index in [-0.39, 0.29) is 0 Å². The molecule has 1 saturated carbocycles. The molecule has 0 spiro atoms. The van der Waals surface area contributed by atoms with Crippen LogP contribution in [0.25, 0.3) is 0 Å². The lowest BCUT2D eigenvalue weighted by molar-refractivity contribution is 0.482. The maximum atomic E-state index is 5.94. The van der Waals surface area contributed by atoms with E-state index in [4.69, 9.17) is 11.6 Å². The molecule has 3 heteroatoms. The van der Waals surface area contributed by atoms with Crippen LogP contribution in [0.5, 0.6) is 0 Å². The van der Waals surface area contributed by atoms with Gasteiger partial charge in [-0.05, 0) is 43.7 Å². The van der Waals surface area contributed by atoms with Crippen molar-refractivity contribution < 1.29 is 0 Å². The number of hydrogen-bond donors (Lipinski definition) is 1. The predicted octanol–water partition coefficient (Wildman–Crippen LogP) is 4.74. The summed E-state index contributed by atoms with van der Waals surface area (Å²) in [7, 11) is 0. The minimum atomic E-state index is 0.665. The van der Waals surface area contributed by atoms with E-state index in [1.165, 1.54) is 37.0 Å². The van der Waals surface area contributed by atoms with Gasteiger partial charge in [0.1, 0.15) is 0 Å². The van der Waals surface area contributed by atoms with Crippen LogP contribution < -0.4 is 5.32 Å². The van der Waals surface area contributed by atoms with E-state index in [1.807, 2.05) is 23.9 Å². The molecular weight excluding hydrogens is 262 g/mol. The Balaban J connectivity index is 2.01. The quantitative estimate of drug-likeness (QED) is 0.801. The zero-order chi connectivity index (χ0) is 12.8. The van der Waals surface area contributed by atoms with Crippen molar-refractivity contribution in [2.45, 2.75) is 55.2 Å². The lowest BCUT2D eigenvalue weighted by Crippen LogP contribution is -2.37. The maximum absolute atomic E-state index is 5.94.